The Bertz CT molecular complexity index is 248. The lowest BCUT2D eigenvalue weighted by molar-refractivity contribution is 0.0778. The minimum atomic E-state index is -0.168. The highest BCUT2D eigenvalue weighted by molar-refractivity contribution is 5.69. The van der Waals surface area contributed by atoms with Crippen LogP contribution in [-0.4, -0.2) is 29.7 Å². The van der Waals surface area contributed by atoms with Gasteiger partial charge in [-0.1, -0.05) is 25.5 Å². The summed E-state index contributed by atoms with van der Waals surface area (Å²) in [6.07, 6.45) is 8.50. The molecule has 1 atom stereocenters. The average molecular weight is 225 g/mol. The van der Waals surface area contributed by atoms with Gasteiger partial charge in [0.1, 0.15) is 0 Å². The Hall–Kier alpha value is -0.990. The number of carbonyl (C=O) groups is 1. The van der Waals surface area contributed by atoms with E-state index in [1.54, 1.807) is 0 Å². The van der Waals surface area contributed by atoms with Gasteiger partial charge in [0.25, 0.3) is 0 Å². The molecule has 1 rings (SSSR count). The van der Waals surface area contributed by atoms with Crippen LogP contribution in [0.4, 0.5) is 4.79 Å². The van der Waals surface area contributed by atoms with Gasteiger partial charge in [0.05, 0.1) is 12.1 Å². The van der Waals surface area contributed by atoms with E-state index in [4.69, 9.17) is 4.74 Å². The molecular weight excluding hydrogens is 202 g/mol. The van der Waals surface area contributed by atoms with Gasteiger partial charge in [0.15, 0.2) is 0 Å². The van der Waals surface area contributed by atoms with Crippen molar-refractivity contribution >= 4 is 6.09 Å². The van der Waals surface area contributed by atoms with Crippen LogP contribution in [0, 0.1) is 0 Å². The van der Waals surface area contributed by atoms with E-state index in [2.05, 4.69) is 19.1 Å². The lowest BCUT2D eigenvalue weighted by atomic mass is 10.2. The van der Waals surface area contributed by atoms with Gasteiger partial charge < -0.3 is 9.64 Å². The molecule has 1 saturated heterocycles. The molecule has 0 bridgehead atoms. The van der Waals surface area contributed by atoms with E-state index in [1.165, 1.54) is 0 Å². The molecule has 0 spiro atoms. The molecule has 1 aliphatic rings. The lowest BCUT2D eigenvalue weighted by Gasteiger charge is -2.22. The molecule has 1 aliphatic heterocycles. The number of ether oxygens (including phenoxy) is 1. The van der Waals surface area contributed by atoms with Gasteiger partial charge in [-0.05, 0) is 33.1 Å². The molecule has 16 heavy (non-hydrogen) atoms. The number of likely N-dealkylation sites (tertiary alicyclic amines) is 1. The van der Waals surface area contributed by atoms with Crippen molar-refractivity contribution in [2.24, 2.45) is 0 Å². The van der Waals surface area contributed by atoms with Crippen LogP contribution in [0.2, 0.25) is 0 Å². The third-order valence-electron chi connectivity index (χ3n) is 2.68. The molecule has 0 N–H and O–H groups in total. The molecule has 0 aliphatic carbocycles. The number of unbranched alkanes of at least 4 members (excludes halogenated alkanes) is 1. The fraction of sp³-hybridized carbons (Fsp3) is 0.769. The van der Waals surface area contributed by atoms with Crippen LogP contribution in [-0.2, 0) is 4.74 Å². The Morgan fingerprint density at radius 3 is 2.94 bits per heavy atom. The van der Waals surface area contributed by atoms with E-state index in [0.29, 0.717) is 0 Å². The lowest BCUT2D eigenvalue weighted by Crippen LogP contribution is -2.36. The second-order valence-corrected chi connectivity index (χ2v) is 4.55. The summed E-state index contributed by atoms with van der Waals surface area (Å²) in [6, 6.07) is 0.248. The number of hydrogen-bond donors (Lipinski definition) is 0. The normalized spacial score (nSPS) is 21.0. The first-order chi connectivity index (χ1) is 7.65. The topological polar surface area (TPSA) is 29.5 Å². The van der Waals surface area contributed by atoms with E-state index >= 15 is 0 Å². The van der Waals surface area contributed by atoms with Crippen LogP contribution in [0.3, 0.4) is 0 Å². The van der Waals surface area contributed by atoms with E-state index in [-0.39, 0.29) is 18.2 Å². The zero-order valence-corrected chi connectivity index (χ0v) is 10.6. The highest BCUT2D eigenvalue weighted by Gasteiger charge is 2.28. The fourth-order valence-electron chi connectivity index (χ4n) is 1.91. The highest BCUT2D eigenvalue weighted by Crippen LogP contribution is 2.20. The average Bonchev–Trinajstić information content (AvgIpc) is 2.65. The Morgan fingerprint density at radius 2 is 2.31 bits per heavy atom. The van der Waals surface area contributed by atoms with Crippen molar-refractivity contribution in [1.82, 2.24) is 4.90 Å². The van der Waals surface area contributed by atoms with Gasteiger partial charge in [-0.3, -0.25) is 0 Å². The van der Waals surface area contributed by atoms with Gasteiger partial charge >= 0.3 is 6.09 Å². The maximum absolute atomic E-state index is 11.8. The Labute approximate surface area is 98.5 Å². The minimum Gasteiger partial charge on any atom is -0.447 e. The summed E-state index contributed by atoms with van der Waals surface area (Å²) in [5.41, 5.74) is 0. The number of hydrogen-bond acceptors (Lipinski definition) is 2. The predicted octanol–water partition coefficient (Wildman–Crippen LogP) is 3.35. The highest BCUT2D eigenvalue weighted by atomic mass is 16.6. The second-order valence-electron chi connectivity index (χ2n) is 4.55. The molecule has 3 nitrogen and oxygen atoms in total. The van der Waals surface area contributed by atoms with Gasteiger partial charge in [-0.15, -0.1) is 0 Å². The quantitative estimate of drug-likeness (QED) is 0.687. The van der Waals surface area contributed by atoms with E-state index in [0.717, 1.165) is 32.2 Å². The Kier molecular flexibility index (Phi) is 5.36. The molecule has 1 amide bonds. The van der Waals surface area contributed by atoms with Crippen molar-refractivity contribution in [3.63, 3.8) is 0 Å². The largest absolute Gasteiger partial charge is 0.447 e. The molecule has 1 fully saturated rings. The van der Waals surface area contributed by atoms with Crippen LogP contribution >= 0.6 is 0 Å². The Balaban J connectivity index is 2.48. The van der Waals surface area contributed by atoms with Gasteiger partial charge in [0, 0.05) is 6.54 Å². The van der Waals surface area contributed by atoms with Crippen LogP contribution in [0.25, 0.3) is 0 Å². The van der Waals surface area contributed by atoms with Crippen molar-refractivity contribution in [1.29, 1.82) is 0 Å². The molecule has 0 aromatic rings. The van der Waals surface area contributed by atoms with Crippen molar-refractivity contribution in [2.45, 2.75) is 58.6 Å². The number of nitrogens with zero attached hydrogens (tertiary/aromatic N) is 1. The van der Waals surface area contributed by atoms with Crippen LogP contribution in [0.5, 0.6) is 0 Å². The summed E-state index contributed by atoms with van der Waals surface area (Å²) in [6.45, 7) is 6.75. The van der Waals surface area contributed by atoms with Gasteiger partial charge in [-0.2, -0.15) is 0 Å². The van der Waals surface area contributed by atoms with Gasteiger partial charge in [0.2, 0.25) is 0 Å². The molecule has 1 unspecified atom stereocenters. The fourth-order valence-corrected chi connectivity index (χ4v) is 1.91. The van der Waals surface area contributed by atoms with Crippen molar-refractivity contribution in [2.75, 3.05) is 6.54 Å². The first-order valence-corrected chi connectivity index (χ1v) is 6.29. The molecule has 1 heterocycles. The number of allylic oxidation sites excluding steroid dienone is 1. The third-order valence-corrected chi connectivity index (χ3v) is 2.68. The second kappa shape index (κ2) is 6.56. The SMILES string of the molecule is CCC/C=C/C1CCCN1C(=O)OC(C)C. The maximum atomic E-state index is 11.8. The smallest absolute Gasteiger partial charge is 0.410 e. The van der Waals surface area contributed by atoms with Crippen molar-refractivity contribution in [3.8, 4) is 0 Å². The number of rotatable bonds is 4. The monoisotopic (exact) mass is 225 g/mol. The standard InChI is InChI=1S/C13H23NO2/c1-4-5-6-8-12-9-7-10-14(12)13(15)16-11(2)3/h6,8,11-12H,4-5,7,9-10H2,1-3H3/b8-6+. The molecule has 3 heteroatoms. The molecule has 92 valence electrons. The summed E-state index contributed by atoms with van der Waals surface area (Å²) >= 11 is 0. The number of amides is 1. The molecule has 0 saturated carbocycles. The zero-order chi connectivity index (χ0) is 12.0. The summed E-state index contributed by atoms with van der Waals surface area (Å²) in [4.78, 5) is 13.6. The van der Waals surface area contributed by atoms with E-state index < -0.39 is 0 Å². The van der Waals surface area contributed by atoms with Crippen LogP contribution < -0.4 is 0 Å². The Morgan fingerprint density at radius 1 is 1.56 bits per heavy atom. The first kappa shape index (κ1) is 13.1. The molecule has 0 aromatic carbocycles. The van der Waals surface area contributed by atoms with Crippen molar-refractivity contribution in [3.05, 3.63) is 12.2 Å². The zero-order valence-electron chi connectivity index (χ0n) is 10.6. The van der Waals surface area contributed by atoms with Gasteiger partial charge in [-0.25, -0.2) is 4.79 Å². The predicted molar refractivity (Wildman–Crippen MR) is 65.4 cm³/mol. The summed E-state index contributed by atoms with van der Waals surface area (Å²) in [7, 11) is 0. The summed E-state index contributed by atoms with van der Waals surface area (Å²) in [5.74, 6) is 0. The van der Waals surface area contributed by atoms with Crippen molar-refractivity contribution < 1.29 is 9.53 Å². The van der Waals surface area contributed by atoms with E-state index in [9.17, 15) is 4.79 Å². The molecule has 0 radical (unpaired) electrons. The molecule has 0 aromatic heterocycles. The first-order valence-electron chi connectivity index (χ1n) is 6.29. The third kappa shape index (κ3) is 3.87. The summed E-state index contributed by atoms with van der Waals surface area (Å²) < 4.78 is 5.22. The van der Waals surface area contributed by atoms with Crippen LogP contribution in [0.1, 0.15) is 46.5 Å². The minimum absolute atomic E-state index is 0.0339. The van der Waals surface area contributed by atoms with Crippen LogP contribution in [0.15, 0.2) is 12.2 Å². The maximum Gasteiger partial charge on any atom is 0.410 e. The van der Waals surface area contributed by atoms with E-state index in [1.807, 2.05) is 18.7 Å². The number of carbonyl (C=O) groups excluding carboxylic acids is 1. The molecular formula is C13H23NO2. The summed E-state index contributed by atoms with van der Waals surface area (Å²) in [5, 5.41) is 0.